The highest BCUT2D eigenvalue weighted by atomic mass is 32.2. The molecule has 1 heterocycles. The summed E-state index contributed by atoms with van der Waals surface area (Å²) in [5.41, 5.74) is 3.01. The Hall–Kier alpha value is -2.07. The second-order valence-corrected chi connectivity index (χ2v) is 5.88. The van der Waals surface area contributed by atoms with E-state index in [1.807, 2.05) is 48.5 Å². The van der Waals surface area contributed by atoms with E-state index in [9.17, 15) is 9.59 Å². The molecule has 0 saturated heterocycles. The van der Waals surface area contributed by atoms with Crippen molar-refractivity contribution in [1.29, 1.82) is 0 Å². The van der Waals surface area contributed by atoms with Crippen molar-refractivity contribution in [2.24, 2.45) is 0 Å². The molecule has 106 valence electrons. The average molecular weight is 298 g/mol. The minimum Gasteiger partial charge on any atom is -0.447 e. The second kappa shape index (κ2) is 5.74. The molecule has 1 aliphatic rings. The van der Waals surface area contributed by atoms with E-state index in [4.69, 9.17) is 4.74 Å². The lowest BCUT2D eigenvalue weighted by molar-refractivity contribution is -0.156. The van der Waals surface area contributed by atoms with E-state index in [1.165, 1.54) is 6.92 Å². The summed E-state index contributed by atoms with van der Waals surface area (Å²) in [5, 5.41) is 0. The lowest BCUT2D eigenvalue weighted by atomic mass is 9.97. The number of benzene rings is 2. The monoisotopic (exact) mass is 298 g/mol. The lowest BCUT2D eigenvalue weighted by Gasteiger charge is -2.19. The van der Waals surface area contributed by atoms with Crippen LogP contribution in [0.4, 0.5) is 0 Å². The van der Waals surface area contributed by atoms with Crippen molar-refractivity contribution in [2.75, 3.05) is 0 Å². The number of carbonyl (C=O) groups excluding carboxylic acids is 2. The summed E-state index contributed by atoms with van der Waals surface area (Å²) in [6.45, 7) is 1.23. The molecule has 0 spiro atoms. The number of hydrogen-bond acceptors (Lipinski definition) is 4. The fourth-order valence-electron chi connectivity index (χ4n) is 2.39. The molecule has 1 unspecified atom stereocenters. The van der Waals surface area contributed by atoms with Crippen molar-refractivity contribution in [2.45, 2.75) is 23.7 Å². The van der Waals surface area contributed by atoms with Gasteiger partial charge in [-0.15, -0.1) is 11.8 Å². The highest BCUT2D eigenvalue weighted by Gasteiger charge is 2.27. The van der Waals surface area contributed by atoms with Crippen LogP contribution in [-0.4, -0.2) is 11.8 Å². The Bertz CT molecular complexity index is 661. The van der Waals surface area contributed by atoms with Gasteiger partial charge in [-0.1, -0.05) is 42.5 Å². The molecule has 0 saturated carbocycles. The van der Waals surface area contributed by atoms with Crippen LogP contribution in [0.5, 0.6) is 0 Å². The third kappa shape index (κ3) is 2.72. The molecule has 2 aromatic carbocycles. The highest BCUT2D eigenvalue weighted by molar-refractivity contribution is 7.98. The number of carbonyl (C=O) groups is 2. The highest BCUT2D eigenvalue weighted by Crippen LogP contribution is 2.41. The molecule has 2 aromatic rings. The minimum absolute atomic E-state index is 0.524. The summed E-state index contributed by atoms with van der Waals surface area (Å²) in [5.74, 6) is -0.556. The summed E-state index contributed by atoms with van der Waals surface area (Å²) < 4.78 is 5.48. The van der Waals surface area contributed by atoms with Gasteiger partial charge in [0.05, 0.1) is 0 Å². The van der Waals surface area contributed by atoms with E-state index in [2.05, 4.69) is 0 Å². The number of ketones is 1. The van der Waals surface area contributed by atoms with Gasteiger partial charge in [-0.25, -0.2) is 4.79 Å². The number of Topliss-reactive ketones (excluding diaryl/α,β-unsaturated/α-hetero) is 1. The Morgan fingerprint density at radius 3 is 2.48 bits per heavy atom. The van der Waals surface area contributed by atoms with E-state index in [0.717, 1.165) is 27.3 Å². The van der Waals surface area contributed by atoms with Crippen LogP contribution >= 0.6 is 11.8 Å². The van der Waals surface area contributed by atoms with Gasteiger partial charge >= 0.3 is 5.97 Å². The van der Waals surface area contributed by atoms with Gasteiger partial charge in [0.2, 0.25) is 5.78 Å². The molecule has 0 bridgehead atoms. The van der Waals surface area contributed by atoms with Crippen LogP contribution in [0.3, 0.4) is 0 Å². The van der Waals surface area contributed by atoms with Crippen molar-refractivity contribution in [1.82, 2.24) is 0 Å². The molecule has 0 amide bonds. The second-order valence-electron chi connectivity index (χ2n) is 4.87. The van der Waals surface area contributed by atoms with E-state index in [0.29, 0.717) is 0 Å². The fraction of sp³-hybridized carbons (Fsp3) is 0.176. The van der Waals surface area contributed by atoms with Crippen LogP contribution in [0, 0.1) is 0 Å². The van der Waals surface area contributed by atoms with Crippen molar-refractivity contribution in [3.63, 3.8) is 0 Å². The first-order chi connectivity index (χ1) is 10.2. The van der Waals surface area contributed by atoms with Gasteiger partial charge in [-0.3, -0.25) is 4.79 Å². The molecular formula is C17H14O3S. The van der Waals surface area contributed by atoms with Gasteiger partial charge in [-0.2, -0.15) is 0 Å². The molecule has 3 rings (SSSR count). The standard InChI is InChI=1S/C17H14O3S/c1-11(18)17(19)20-16-13-7-3-2-6-12(13)10-21-15-9-5-4-8-14(15)16/h2-9,16H,10H2,1H3. The molecule has 0 aliphatic carbocycles. The molecular weight excluding hydrogens is 284 g/mol. The van der Waals surface area contributed by atoms with Gasteiger partial charge in [0, 0.05) is 28.7 Å². The van der Waals surface area contributed by atoms with E-state index >= 15 is 0 Å². The SMILES string of the molecule is CC(=O)C(=O)OC1c2ccccc2CSc2ccccc21. The van der Waals surface area contributed by atoms with Crippen LogP contribution in [0.25, 0.3) is 0 Å². The number of rotatable bonds is 2. The Balaban J connectivity index is 2.11. The topological polar surface area (TPSA) is 43.4 Å². The maximum atomic E-state index is 11.8. The molecule has 3 nitrogen and oxygen atoms in total. The van der Waals surface area contributed by atoms with Crippen molar-refractivity contribution >= 4 is 23.5 Å². The summed E-state index contributed by atoms with van der Waals surface area (Å²) >= 11 is 1.72. The summed E-state index contributed by atoms with van der Waals surface area (Å²) in [6.07, 6.45) is -0.524. The molecule has 1 aliphatic heterocycles. The smallest absolute Gasteiger partial charge is 0.375 e. The zero-order chi connectivity index (χ0) is 14.8. The largest absolute Gasteiger partial charge is 0.447 e. The summed E-state index contributed by atoms with van der Waals surface area (Å²) in [7, 11) is 0. The molecule has 0 radical (unpaired) electrons. The maximum absolute atomic E-state index is 11.8. The van der Waals surface area contributed by atoms with Gasteiger partial charge in [0.1, 0.15) is 0 Å². The van der Waals surface area contributed by atoms with Crippen LogP contribution in [0.1, 0.15) is 29.7 Å². The van der Waals surface area contributed by atoms with E-state index < -0.39 is 17.9 Å². The first kappa shape index (κ1) is 13.9. The Kier molecular flexibility index (Phi) is 3.80. The molecule has 0 aromatic heterocycles. The molecule has 21 heavy (non-hydrogen) atoms. The van der Waals surface area contributed by atoms with E-state index in [-0.39, 0.29) is 0 Å². The van der Waals surface area contributed by atoms with Crippen LogP contribution in [-0.2, 0) is 20.1 Å². The number of esters is 1. The average Bonchev–Trinajstić information content (AvgIpc) is 2.65. The number of thioether (sulfide) groups is 1. The van der Waals surface area contributed by atoms with Crippen LogP contribution in [0.2, 0.25) is 0 Å². The predicted molar refractivity (Wildman–Crippen MR) is 81.1 cm³/mol. The van der Waals surface area contributed by atoms with Gasteiger partial charge in [-0.05, 0) is 11.6 Å². The zero-order valence-electron chi connectivity index (χ0n) is 11.5. The minimum atomic E-state index is -0.795. The van der Waals surface area contributed by atoms with Crippen molar-refractivity contribution in [3.05, 3.63) is 65.2 Å². The predicted octanol–water partition coefficient (Wildman–Crippen LogP) is 3.51. The fourth-order valence-corrected chi connectivity index (χ4v) is 3.48. The molecule has 0 fully saturated rings. The third-order valence-corrected chi connectivity index (χ3v) is 4.57. The lowest BCUT2D eigenvalue weighted by Crippen LogP contribution is -2.19. The molecule has 4 heteroatoms. The van der Waals surface area contributed by atoms with Crippen molar-refractivity contribution in [3.8, 4) is 0 Å². The van der Waals surface area contributed by atoms with Crippen LogP contribution < -0.4 is 0 Å². The van der Waals surface area contributed by atoms with Crippen LogP contribution in [0.15, 0.2) is 53.4 Å². The van der Waals surface area contributed by atoms with Gasteiger partial charge in [0.25, 0.3) is 0 Å². The first-order valence-electron chi connectivity index (χ1n) is 6.68. The Morgan fingerprint density at radius 2 is 1.71 bits per heavy atom. The normalized spacial score (nSPS) is 16.3. The van der Waals surface area contributed by atoms with Crippen molar-refractivity contribution < 1.29 is 14.3 Å². The van der Waals surface area contributed by atoms with Gasteiger partial charge < -0.3 is 4.74 Å². The summed E-state index contributed by atoms with van der Waals surface area (Å²) in [6, 6.07) is 15.7. The number of hydrogen-bond donors (Lipinski definition) is 0. The molecule has 0 N–H and O–H groups in total. The zero-order valence-corrected chi connectivity index (χ0v) is 12.4. The Labute approximate surface area is 127 Å². The number of ether oxygens (including phenoxy) is 1. The summed E-state index contributed by atoms with van der Waals surface area (Å²) in [4.78, 5) is 24.1. The molecule has 1 atom stereocenters. The third-order valence-electron chi connectivity index (χ3n) is 3.43. The van der Waals surface area contributed by atoms with Gasteiger partial charge in [0.15, 0.2) is 6.10 Å². The quantitative estimate of drug-likeness (QED) is 0.628. The first-order valence-corrected chi connectivity index (χ1v) is 7.66. The number of fused-ring (bicyclic) bond motifs is 2. The maximum Gasteiger partial charge on any atom is 0.375 e. The Morgan fingerprint density at radius 1 is 1.05 bits per heavy atom. The van der Waals surface area contributed by atoms with E-state index in [1.54, 1.807) is 11.8 Å².